The molecule has 4 rings (SSSR count). The van der Waals surface area contributed by atoms with Crippen LogP contribution in [-0.4, -0.2) is 44.6 Å². The molecule has 5 heteroatoms. The Labute approximate surface area is 120 Å². The van der Waals surface area contributed by atoms with Gasteiger partial charge in [0.25, 0.3) is 0 Å². The van der Waals surface area contributed by atoms with E-state index in [4.69, 9.17) is 0 Å². The highest BCUT2D eigenvalue weighted by molar-refractivity contribution is 5.07. The maximum atomic E-state index is 4.28. The monoisotopic (exact) mass is 275 g/mol. The van der Waals surface area contributed by atoms with Gasteiger partial charge in [0.15, 0.2) is 0 Å². The number of nitrogens with one attached hydrogen (secondary N) is 1. The van der Waals surface area contributed by atoms with E-state index in [0.29, 0.717) is 11.6 Å². The second-order valence-corrected chi connectivity index (χ2v) is 7.27. The zero-order valence-corrected chi connectivity index (χ0v) is 12.5. The molecular weight excluding hydrogens is 250 g/mol. The summed E-state index contributed by atoms with van der Waals surface area (Å²) < 4.78 is 1.81. The SMILES string of the molecule is Cn1cc(CN2CC(C)(C3CC3)NCC2C2CC2)nn1. The van der Waals surface area contributed by atoms with Crippen LogP contribution < -0.4 is 5.32 Å². The lowest BCUT2D eigenvalue weighted by atomic mass is 9.89. The number of piperazine rings is 1. The molecule has 20 heavy (non-hydrogen) atoms. The molecule has 1 aromatic heterocycles. The van der Waals surface area contributed by atoms with E-state index in [9.17, 15) is 0 Å². The first-order valence-electron chi connectivity index (χ1n) is 7.98. The minimum Gasteiger partial charge on any atom is -0.308 e. The lowest BCUT2D eigenvalue weighted by molar-refractivity contribution is 0.0568. The fraction of sp³-hybridized carbons (Fsp3) is 0.867. The summed E-state index contributed by atoms with van der Waals surface area (Å²) >= 11 is 0. The first-order valence-corrected chi connectivity index (χ1v) is 7.98. The number of hydrogen-bond acceptors (Lipinski definition) is 4. The predicted octanol–water partition coefficient (Wildman–Crippen LogP) is 1.17. The molecule has 2 heterocycles. The van der Waals surface area contributed by atoms with E-state index >= 15 is 0 Å². The number of hydrogen-bond donors (Lipinski definition) is 1. The Kier molecular flexibility index (Phi) is 2.89. The largest absolute Gasteiger partial charge is 0.308 e. The molecule has 1 aromatic rings. The first kappa shape index (κ1) is 12.8. The molecule has 0 spiro atoms. The maximum absolute atomic E-state index is 4.28. The Morgan fingerprint density at radius 3 is 2.75 bits per heavy atom. The second-order valence-electron chi connectivity index (χ2n) is 7.27. The first-order chi connectivity index (χ1) is 9.64. The lowest BCUT2D eigenvalue weighted by Gasteiger charge is -2.46. The summed E-state index contributed by atoms with van der Waals surface area (Å²) in [4.78, 5) is 2.68. The van der Waals surface area contributed by atoms with Crippen molar-refractivity contribution in [3.05, 3.63) is 11.9 Å². The van der Waals surface area contributed by atoms with Crippen LogP contribution in [0.1, 0.15) is 38.3 Å². The third-order valence-corrected chi connectivity index (χ3v) is 5.38. The highest BCUT2D eigenvalue weighted by Gasteiger charge is 2.48. The molecule has 2 aliphatic carbocycles. The molecule has 0 aromatic carbocycles. The Balaban J connectivity index is 1.51. The zero-order chi connectivity index (χ0) is 13.7. The van der Waals surface area contributed by atoms with Crippen molar-refractivity contribution in [3.8, 4) is 0 Å². The lowest BCUT2D eigenvalue weighted by Crippen LogP contribution is -2.64. The van der Waals surface area contributed by atoms with E-state index in [1.807, 2.05) is 11.7 Å². The number of aryl methyl sites for hydroxylation is 1. The molecule has 0 bridgehead atoms. The molecule has 3 aliphatic rings. The van der Waals surface area contributed by atoms with E-state index in [1.54, 1.807) is 0 Å². The molecule has 1 N–H and O–H groups in total. The van der Waals surface area contributed by atoms with Crippen LogP contribution in [0.5, 0.6) is 0 Å². The standard InChI is InChI=1S/C15H25N5/c1-15(12-5-6-12)10-20(9-13-8-19(2)18-17-13)14(7-16-15)11-3-4-11/h8,11-12,14,16H,3-7,9-10H2,1-2H3. The average molecular weight is 275 g/mol. The van der Waals surface area contributed by atoms with Crippen molar-refractivity contribution in [2.75, 3.05) is 13.1 Å². The number of aromatic nitrogens is 3. The smallest absolute Gasteiger partial charge is 0.0967 e. The van der Waals surface area contributed by atoms with Crippen LogP contribution in [0.3, 0.4) is 0 Å². The Bertz CT molecular complexity index is 490. The van der Waals surface area contributed by atoms with Crippen molar-refractivity contribution in [2.45, 2.75) is 50.7 Å². The van der Waals surface area contributed by atoms with E-state index in [2.05, 4.69) is 33.6 Å². The van der Waals surface area contributed by atoms with Gasteiger partial charge in [0, 0.05) is 44.5 Å². The molecule has 0 radical (unpaired) electrons. The summed E-state index contributed by atoms with van der Waals surface area (Å²) in [6, 6.07) is 0.698. The van der Waals surface area contributed by atoms with Crippen LogP contribution in [0, 0.1) is 11.8 Å². The highest BCUT2D eigenvalue weighted by Crippen LogP contribution is 2.44. The summed E-state index contributed by atoms with van der Waals surface area (Å²) in [7, 11) is 1.95. The quantitative estimate of drug-likeness (QED) is 0.896. The van der Waals surface area contributed by atoms with E-state index < -0.39 is 0 Å². The fourth-order valence-electron chi connectivity index (χ4n) is 3.85. The maximum Gasteiger partial charge on any atom is 0.0967 e. The summed E-state index contributed by atoms with van der Waals surface area (Å²) in [6.45, 7) is 5.68. The molecule has 2 saturated carbocycles. The minimum absolute atomic E-state index is 0.313. The Morgan fingerprint density at radius 1 is 1.35 bits per heavy atom. The second kappa shape index (κ2) is 4.53. The molecule has 1 saturated heterocycles. The van der Waals surface area contributed by atoms with Gasteiger partial charge >= 0.3 is 0 Å². The van der Waals surface area contributed by atoms with E-state index in [-0.39, 0.29) is 0 Å². The van der Waals surface area contributed by atoms with E-state index in [1.165, 1.54) is 25.7 Å². The van der Waals surface area contributed by atoms with Crippen LogP contribution in [0.25, 0.3) is 0 Å². The van der Waals surface area contributed by atoms with Gasteiger partial charge in [-0.3, -0.25) is 9.58 Å². The number of rotatable bonds is 4. The van der Waals surface area contributed by atoms with Crippen molar-refractivity contribution in [1.82, 2.24) is 25.2 Å². The van der Waals surface area contributed by atoms with Gasteiger partial charge in [-0.1, -0.05) is 5.21 Å². The molecule has 2 atom stereocenters. The van der Waals surface area contributed by atoms with Crippen LogP contribution in [0.4, 0.5) is 0 Å². The summed E-state index contributed by atoms with van der Waals surface area (Å²) in [5.74, 6) is 1.79. The molecule has 2 unspecified atom stereocenters. The van der Waals surface area contributed by atoms with Gasteiger partial charge in [0.1, 0.15) is 0 Å². The van der Waals surface area contributed by atoms with E-state index in [0.717, 1.165) is 37.2 Å². The predicted molar refractivity (Wildman–Crippen MR) is 77.1 cm³/mol. The normalized spacial score (nSPS) is 35.4. The van der Waals surface area contributed by atoms with Crippen LogP contribution in [0.15, 0.2) is 6.20 Å². The van der Waals surface area contributed by atoms with Crippen LogP contribution in [-0.2, 0) is 13.6 Å². The van der Waals surface area contributed by atoms with Gasteiger partial charge in [-0.2, -0.15) is 0 Å². The molecule has 5 nitrogen and oxygen atoms in total. The minimum atomic E-state index is 0.313. The molecule has 0 amide bonds. The summed E-state index contributed by atoms with van der Waals surface area (Å²) in [6.07, 6.45) is 7.67. The van der Waals surface area contributed by atoms with Crippen molar-refractivity contribution in [1.29, 1.82) is 0 Å². The Hall–Kier alpha value is -0.940. The molecule has 1 aliphatic heterocycles. The van der Waals surface area contributed by atoms with Gasteiger partial charge in [-0.25, -0.2) is 0 Å². The third kappa shape index (κ3) is 2.37. The molecule has 3 fully saturated rings. The third-order valence-electron chi connectivity index (χ3n) is 5.38. The summed E-state index contributed by atoms with van der Waals surface area (Å²) in [5.41, 5.74) is 1.42. The topological polar surface area (TPSA) is 46.0 Å². The van der Waals surface area contributed by atoms with Crippen molar-refractivity contribution >= 4 is 0 Å². The highest BCUT2D eigenvalue weighted by atomic mass is 15.4. The molecule has 110 valence electrons. The van der Waals surface area contributed by atoms with Gasteiger partial charge in [-0.15, -0.1) is 5.10 Å². The van der Waals surface area contributed by atoms with Gasteiger partial charge in [0.2, 0.25) is 0 Å². The van der Waals surface area contributed by atoms with Crippen LogP contribution in [0.2, 0.25) is 0 Å². The fourth-order valence-corrected chi connectivity index (χ4v) is 3.85. The van der Waals surface area contributed by atoms with Crippen molar-refractivity contribution in [2.24, 2.45) is 18.9 Å². The van der Waals surface area contributed by atoms with Gasteiger partial charge in [-0.05, 0) is 44.4 Å². The van der Waals surface area contributed by atoms with Gasteiger partial charge in [0.05, 0.1) is 5.69 Å². The summed E-state index contributed by atoms with van der Waals surface area (Å²) in [5, 5.41) is 12.2. The van der Waals surface area contributed by atoms with Crippen LogP contribution >= 0.6 is 0 Å². The average Bonchev–Trinajstić information content (AvgIpc) is 3.29. The van der Waals surface area contributed by atoms with Crippen molar-refractivity contribution < 1.29 is 0 Å². The number of nitrogens with zero attached hydrogens (tertiary/aromatic N) is 4. The van der Waals surface area contributed by atoms with Crippen molar-refractivity contribution in [3.63, 3.8) is 0 Å². The van der Waals surface area contributed by atoms with Gasteiger partial charge < -0.3 is 5.32 Å². The molecular formula is C15H25N5. The Morgan fingerprint density at radius 2 is 2.15 bits per heavy atom. The zero-order valence-electron chi connectivity index (χ0n) is 12.5.